The lowest BCUT2D eigenvalue weighted by molar-refractivity contribution is 0.660. The van der Waals surface area contributed by atoms with E-state index in [4.69, 9.17) is 19.4 Å². The summed E-state index contributed by atoms with van der Waals surface area (Å²) in [6.07, 6.45) is 0. The maximum atomic E-state index is 6.57. The van der Waals surface area contributed by atoms with Crippen molar-refractivity contribution >= 4 is 21.9 Å². The molecule has 4 heteroatoms. The zero-order valence-corrected chi connectivity index (χ0v) is 35.5. The Morgan fingerprint density at radius 2 is 0.781 bits per heavy atom. The average molecular weight is 820 g/mol. The second-order valence-electron chi connectivity index (χ2n) is 17.2. The fourth-order valence-electron chi connectivity index (χ4n) is 9.63. The van der Waals surface area contributed by atoms with Gasteiger partial charge < -0.3 is 4.42 Å². The molecule has 302 valence electrons. The molecule has 0 atom stereocenters. The lowest BCUT2D eigenvalue weighted by Gasteiger charge is -2.22. The van der Waals surface area contributed by atoms with Gasteiger partial charge in [-0.1, -0.05) is 190 Å². The van der Waals surface area contributed by atoms with Crippen molar-refractivity contribution in [3.8, 4) is 89.8 Å². The van der Waals surface area contributed by atoms with E-state index in [0.29, 0.717) is 17.5 Å². The molecule has 2 heterocycles. The van der Waals surface area contributed by atoms with Crippen LogP contribution in [0.4, 0.5) is 0 Å². The van der Waals surface area contributed by atoms with Crippen molar-refractivity contribution in [3.63, 3.8) is 0 Å². The lowest BCUT2D eigenvalue weighted by Crippen LogP contribution is -2.14. The molecule has 64 heavy (non-hydrogen) atoms. The number of furan rings is 1. The van der Waals surface area contributed by atoms with Gasteiger partial charge in [-0.05, 0) is 103 Å². The summed E-state index contributed by atoms with van der Waals surface area (Å²) < 4.78 is 6.57. The van der Waals surface area contributed by atoms with Crippen LogP contribution in [0.5, 0.6) is 0 Å². The van der Waals surface area contributed by atoms with Gasteiger partial charge in [0.15, 0.2) is 17.5 Å². The van der Waals surface area contributed by atoms with Gasteiger partial charge in [-0.3, -0.25) is 0 Å². The Morgan fingerprint density at radius 1 is 0.312 bits per heavy atom. The largest absolute Gasteiger partial charge is 0.456 e. The predicted molar refractivity (Wildman–Crippen MR) is 263 cm³/mol. The molecule has 0 spiro atoms. The molecule has 0 aliphatic heterocycles. The molecule has 11 aromatic rings. The molecule has 0 amide bonds. The van der Waals surface area contributed by atoms with E-state index in [9.17, 15) is 0 Å². The number of rotatable bonds is 7. The highest BCUT2D eigenvalue weighted by Gasteiger charge is 2.35. The number of hydrogen-bond donors (Lipinski definition) is 0. The van der Waals surface area contributed by atoms with Gasteiger partial charge in [0.05, 0.1) is 0 Å². The third kappa shape index (κ3) is 6.42. The topological polar surface area (TPSA) is 51.8 Å². The second kappa shape index (κ2) is 15.0. The monoisotopic (exact) mass is 819 g/mol. The van der Waals surface area contributed by atoms with Crippen LogP contribution < -0.4 is 0 Å². The van der Waals surface area contributed by atoms with Gasteiger partial charge in [0, 0.05) is 32.9 Å². The summed E-state index contributed by atoms with van der Waals surface area (Å²) in [4.78, 5) is 15.4. The van der Waals surface area contributed by atoms with Crippen LogP contribution in [-0.4, -0.2) is 15.0 Å². The first-order valence-corrected chi connectivity index (χ1v) is 21.8. The van der Waals surface area contributed by atoms with Crippen LogP contribution in [0.25, 0.3) is 112 Å². The summed E-state index contributed by atoms with van der Waals surface area (Å²) in [6.45, 7) is 4.65. The predicted octanol–water partition coefficient (Wildman–Crippen LogP) is 15.7. The zero-order chi connectivity index (χ0) is 42.8. The van der Waals surface area contributed by atoms with E-state index >= 15 is 0 Å². The van der Waals surface area contributed by atoms with Crippen molar-refractivity contribution in [2.24, 2.45) is 0 Å². The Labute approximate surface area is 372 Å². The summed E-state index contributed by atoms with van der Waals surface area (Å²) >= 11 is 0. The molecular weight excluding hydrogens is 779 g/mol. The first kappa shape index (κ1) is 37.5. The van der Waals surface area contributed by atoms with E-state index in [-0.39, 0.29) is 5.41 Å². The van der Waals surface area contributed by atoms with E-state index in [0.717, 1.165) is 66.4 Å². The average Bonchev–Trinajstić information content (AvgIpc) is 3.85. The zero-order valence-electron chi connectivity index (χ0n) is 35.5. The van der Waals surface area contributed by atoms with Gasteiger partial charge in [0.25, 0.3) is 0 Å². The third-order valence-electron chi connectivity index (χ3n) is 13.0. The van der Waals surface area contributed by atoms with Crippen molar-refractivity contribution in [2.45, 2.75) is 19.3 Å². The smallest absolute Gasteiger partial charge is 0.164 e. The molecule has 0 N–H and O–H groups in total. The number of fused-ring (bicyclic) bond motifs is 6. The molecule has 1 aliphatic rings. The van der Waals surface area contributed by atoms with Gasteiger partial charge in [0.2, 0.25) is 0 Å². The van der Waals surface area contributed by atoms with E-state index in [2.05, 4.69) is 190 Å². The molecule has 2 aromatic heterocycles. The van der Waals surface area contributed by atoms with Crippen LogP contribution in [0.1, 0.15) is 25.0 Å². The summed E-state index contributed by atoms with van der Waals surface area (Å²) in [5, 5.41) is 2.20. The Balaban J connectivity index is 0.903. The molecule has 0 saturated heterocycles. The van der Waals surface area contributed by atoms with Crippen LogP contribution in [0.15, 0.2) is 217 Å². The fraction of sp³-hybridized carbons (Fsp3) is 0.0500. The number of aromatic nitrogens is 3. The SMILES string of the molecule is CC1(C)c2ccccc2-c2ccc(-c3cccc(-c4nc(-c5ccccc5)nc(-c5cccc(-c6ccc7c(c6)oc6cccc(-c8ccc(-c9ccccc9)cc8)c67)c5)n4)c3)cc21. The molecule has 0 fully saturated rings. The maximum Gasteiger partial charge on any atom is 0.164 e. The summed E-state index contributed by atoms with van der Waals surface area (Å²) in [7, 11) is 0. The van der Waals surface area contributed by atoms with Gasteiger partial charge in [0.1, 0.15) is 11.2 Å². The number of hydrogen-bond acceptors (Lipinski definition) is 4. The molecule has 9 aromatic carbocycles. The van der Waals surface area contributed by atoms with Gasteiger partial charge in [-0.15, -0.1) is 0 Å². The first-order valence-electron chi connectivity index (χ1n) is 21.8. The molecule has 4 nitrogen and oxygen atoms in total. The Bertz CT molecular complexity index is 3570. The number of nitrogens with zero attached hydrogens (tertiary/aromatic N) is 3. The lowest BCUT2D eigenvalue weighted by atomic mass is 9.81. The standard InChI is InChI=1S/C60H41N3O/c1-60(2)52-24-10-9-22-49(52)50-32-30-44(36-53(50)60)42-18-11-20-46(34-42)58-61-57(41-16-7-4-8-17-41)62-59(63-58)47-21-12-19-43(35-47)45-31-33-51-55(37-45)64-54-25-13-23-48(56(51)54)40-28-26-39(27-29-40)38-14-5-3-6-15-38/h3-37H,1-2H3. The van der Waals surface area contributed by atoms with E-state index < -0.39 is 0 Å². The van der Waals surface area contributed by atoms with Crippen molar-refractivity contribution in [1.82, 2.24) is 15.0 Å². The van der Waals surface area contributed by atoms with Gasteiger partial charge in [-0.2, -0.15) is 0 Å². The molecule has 12 rings (SSSR count). The van der Waals surface area contributed by atoms with Crippen LogP contribution in [-0.2, 0) is 5.41 Å². The van der Waals surface area contributed by atoms with Crippen molar-refractivity contribution in [2.75, 3.05) is 0 Å². The molecule has 1 aliphatic carbocycles. The highest BCUT2D eigenvalue weighted by Crippen LogP contribution is 2.49. The summed E-state index contributed by atoms with van der Waals surface area (Å²) in [6, 6.07) is 74.9. The van der Waals surface area contributed by atoms with Crippen molar-refractivity contribution < 1.29 is 4.42 Å². The fourth-order valence-corrected chi connectivity index (χ4v) is 9.63. The number of benzene rings is 9. The molecule has 0 saturated carbocycles. The third-order valence-corrected chi connectivity index (χ3v) is 13.0. The second-order valence-corrected chi connectivity index (χ2v) is 17.2. The normalized spacial score (nSPS) is 12.7. The van der Waals surface area contributed by atoms with Crippen LogP contribution >= 0.6 is 0 Å². The highest BCUT2D eigenvalue weighted by atomic mass is 16.3. The molecular formula is C60H41N3O. The Morgan fingerprint density at radius 3 is 1.48 bits per heavy atom. The molecule has 0 unspecified atom stereocenters. The summed E-state index contributed by atoms with van der Waals surface area (Å²) in [5.41, 5.74) is 18.8. The Hall–Kier alpha value is -8.21. The van der Waals surface area contributed by atoms with Gasteiger partial charge >= 0.3 is 0 Å². The Kier molecular flexibility index (Phi) is 8.80. The first-order chi connectivity index (χ1) is 31.4. The van der Waals surface area contributed by atoms with Crippen molar-refractivity contribution in [3.05, 3.63) is 223 Å². The molecule has 0 bridgehead atoms. The minimum atomic E-state index is -0.0836. The van der Waals surface area contributed by atoms with E-state index in [1.807, 2.05) is 36.4 Å². The minimum Gasteiger partial charge on any atom is -0.456 e. The molecule has 0 radical (unpaired) electrons. The quantitative estimate of drug-likeness (QED) is 0.161. The minimum absolute atomic E-state index is 0.0836. The maximum absolute atomic E-state index is 6.57. The highest BCUT2D eigenvalue weighted by molar-refractivity contribution is 6.13. The van der Waals surface area contributed by atoms with Crippen LogP contribution in [0, 0.1) is 0 Å². The van der Waals surface area contributed by atoms with E-state index in [1.54, 1.807) is 0 Å². The van der Waals surface area contributed by atoms with E-state index in [1.165, 1.54) is 38.9 Å². The summed E-state index contributed by atoms with van der Waals surface area (Å²) in [5.74, 6) is 1.86. The van der Waals surface area contributed by atoms with Crippen LogP contribution in [0.3, 0.4) is 0 Å². The van der Waals surface area contributed by atoms with Gasteiger partial charge in [-0.25, -0.2) is 15.0 Å². The van der Waals surface area contributed by atoms with Crippen molar-refractivity contribution in [1.29, 1.82) is 0 Å². The van der Waals surface area contributed by atoms with Crippen LogP contribution in [0.2, 0.25) is 0 Å².